The van der Waals surface area contributed by atoms with Crippen LogP contribution in [0.15, 0.2) is 36.4 Å². The molecule has 6 nitrogen and oxygen atoms in total. The van der Waals surface area contributed by atoms with Crippen molar-refractivity contribution in [1.82, 2.24) is 0 Å². The minimum Gasteiger partial charge on any atom is -0.497 e. The Bertz CT molecular complexity index is 822. The molecule has 26 heavy (non-hydrogen) atoms. The Morgan fingerprint density at radius 2 is 1.81 bits per heavy atom. The van der Waals surface area contributed by atoms with Crippen LogP contribution in [0, 0.1) is 12.7 Å². The van der Waals surface area contributed by atoms with E-state index in [9.17, 15) is 14.0 Å². The van der Waals surface area contributed by atoms with Gasteiger partial charge < -0.3 is 19.5 Å². The number of ether oxygens (including phenoxy) is 3. The summed E-state index contributed by atoms with van der Waals surface area (Å²) in [4.78, 5) is 24.4. The van der Waals surface area contributed by atoms with Crippen molar-refractivity contribution in [2.45, 2.75) is 20.0 Å². The van der Waals surface area contributed by atoms with Crippen molar-refractivity contribution < 1.29 is 28.2 Å². The van der Waals surface area contributed by atoms with E-state index < -0.39 is 23.8 Å². The lowest BCUT2D eigenvalue weighted by Gasteiger charge is -2.16. The van der Waals surface area contributed by atoms with Crippen molar-refractivity contribution in [2.75, 3.05) is 19.5 Å². The average Bonchev–Trinajstić information content (AvgIpc) is 2.61. The molecule has 138 valence electrons. The highest BCUT2D eigenvalue weighted by Gasteiger charge is 2.22. The number of halogens is 1. The first-order valence-corrected chi connectivity index (χ1v) is 7.85. The Labute approximate surface area is 150 Å². The number of hydrogen-bond acceptors (Lipinski definition) is 5. The van der Waals surface area contributed by atoms with Gasteiger partial charge in [-0.3, -0.25) is 4.79 Å². The van der Waals surface area contributed by atoms with Crippen LogP contribution in [0.4, 0.5) is 10.1 Å². The molecule has 2 aromatic carbocycles. The van der Waals surface area contributed by atoms with Gasteiger partial charge in [0.2, 0.25) is 0 Å². The van der Waals surface area contributed by atoms with Gasteiger partial charge in [-0.05, 0) is 43.7 Å². The van der Waals surface area contributed by atoms with E-state index in [-0.39, 0.29) is 11.3 Å². The van der Waals surface area contributed by atoms with Crippen LogP contribution in [-0.4, -0.2) is 32.2 Å². The monoisotopic (exact) mass is 361 g/mol. The number of anilines is 1. The third kappa shape index (κ3) is 4.50. The fraction of sp³-hybridized carbons (Fsp3) is 0.263. The van der Waals surface area contributed by atoms with Gasteiger partial charge in [0.25, 0.3) is 5.91 Å². The molecule has 0 unspecified atom stereocenters. The maximum atomic E-state index is 13.9. The zero-order chi connectivity index (χ0) is 19.3. The fourth-order valence-electron chi connectivity index (χ4n) is 2.22. The molecule has 1 N–H and O–H groups in total. The minimum atomic E-state index is -1.13. The van der Waals surface area contributed by atoms with E-state index in [1.165, 1.54) is 33.3 Å². The molecule has 1 amide bonds. The fourth-order valence-corrected chi connectivity index (χ4v) is 2.22. The predicted octanol–water partition coefficient (Wildman–Crippen LogP) is 3.34. The zero-order valence-electron chi connectivity index (χ0n) is 15.0. The lowest BCUT2D eigenvalue weighted by Crippen LogP contribution is -2.30. The summed E-state index contributed by atoms with van der Waals surface area (Å²) in [5.74, 6) is -1.54. The van der Waals surface area contributed by atoms with E-state index in [0.717, 1.165) is 11.6 Å². The third-order valence-corrected chi connectivity index (χ3v) is 3.66. The van der Waals surface area contributed by atoms with Gasteiger partial charge in [-0.2, -0.15) is 0 Å². The van der Waals surface area contributed by atoms with E-state index in [4.69, 9.17) is 14.2 Å². The Balaban J connectivity index is 2.07. The van der Waals surface area contributed by atoms with E-state index in [1.54, 1.807) is 12.1 Å². The molecule has 0 aliphatic heterocycles. The Morgan fingerprint density at radius 1 is 1.08 bits per heavy atom. The topological polar surface area (TPSA) is 73.9 Å². The van der Waals surface area contributed by atoms with Crippen molar-refractivity contribution in [3.8, 4) is 11.5 Å². The highest BCUT2D eigenvalue weighted by Crippen LogP contribution is 2.25. The van der Waals surface area contributed by atoms with Gasteiger partial charge in [-0.15, -0.1) is 0 Å². The van der Waals surface area contributed by atoms with Gasteiger partial charge in [0.1, 0.15) is 17.3 Å². The molecule has 0 fully saturated rings. The molecule has 0 aliphatic carbocycles. The van der Waals surface area contributed by atoms with Crippen LogP contribution in [0.3, 0.4) is 0 Å². The summed E-state index contributed by atoms with van der Waals surface area (Å²) in [6.45, 7) is 3.27. The van der Waals surface area contributed by atoms with Gasteiger partial charge in [0.05, 0.1) is 25.5 Å². The Hall–Kier alpha value is -3.09. The van der Waals surface area contributed by atoms with Crippen molar-refractivity contribution in [3.63, 3.8) is 0 Å². The number of methoxy groups -OCH3 is 2. The number of carbonyl (C=O) groups is 2. The third-order valence-electron chi connectivity index (χ3n) is 3.66. The molecule has 0 saturated heterocycles. The normalized spacial score (nSPS) is 11.4. The zero-order valence-corrected chi connectivity index (χ0v) is 15.0. The van der Waals surface area contributed by atoms with E-state index >= 15 is 0 Å². The lowest BCUT2D eigenvalue weighted by atomic mass is 10.2. The molecule has 0 radical (unpaired) electrons. The Morgan fingerprint density at radius 3 is 2.42 bits per heavy atom. The molecule has 7 heteroatoms. The summed E-state index contributed by atoms with van der Waals surface area (Å²) in [6.07, 6.45) is -1.13. The second-order valence-electron chi connectivity index (χ2n) is 5.59. The number of carbonyl (C=O) groups excluding carboxylic acids is 2. The summed E-state index contributed by atoms with van der Waals surface area (Å²) in [5.41, 5.74) is 1.10. The number of nitrogens with one attached hydrogen (secondary N) is 1. The first-order valence-electron chi connectivity index (χ1n) is 7.85. The molecule has 0 bridgehead atoms. The summed E-state index contributed by atoms with van der Waals surface area (Å²) < 4.78 is 29.1. The van der Waals surface area contributed by atoms with Crippen molar-refractivity contribution in [2.24, 2.45) is 0 Å². The van der Waals surface area contributed by atoms with Crippen molar-refractivity contribution in [1.29, 1.82) is 0 Å². The number of esters is 1. The smallest absolute Gasteiger partial charge is 0.341 e. The minimum absolute atomic E-state index is 0.274. The van der Waals surface area contributed by atoms with Crippen molar-refractivity contribution >= 4 is 17.6 Å². The van der Waals surface area contributed by atoms with E-state index in [0.29, 0.717) is 11.4 Å². The van der Waals surface area contributed by atoms with Crippen LogP contribution >= 0.6 is 0 Å². The summed E-state index contributed by atoms with van der Waals surface area (Å²) in [7, 11) is 2.87. The van der Waals surface area contributed by atoms with Gasteiger partial charge in [-0.1, -0.05) is 6.07 Å². The summed E-state index contributed by atoms with van der Waals surface area (Å²) >= 11 is 0. The first-order chi connectivity index (χ1) is 12.3. The van der Waals surface area contributed by atoms with E-state index in [2.05, 4.69) is 5.32 Å². The Kier molecular flexibility index (Phi) is 6.16. The molecule has 0 aromatic heterocycles. The van der Waals surface area contributed by atoms with Crippen LogP contribution in [0.2, 0.25) is 0 Å². The van der Waals surface area contributed by atoms with Crippen LogP contribution in [0.25, 0.3) is 0 Å². The molecule has 1 atom stereocenters. The molecule has 0 heterocycles. The summed E-state index contributed by atoms with van der Waals surface area (Å²) in [5, 5.41) is 2.64. The van der Waals surface area contributed by atoms with E-state index in [1.807, 2.05) is 13.0 Å². The second-order valence-corrected chi connectivity index (χ2v) is 5.59. The largest absolute Gasteiger partial charge is 0.497 e. The highest BCUT2D eigenvalue weighted by molar-refractivity contribution is 5.98. The quantitative estimate of drug-likeness (QED) is 0.799. The van der Waals surface area contributed by atoms with Crippen LogP contribution in [0.5, 0.6) is 11.5 Å². The molecule has 0 spiro atoms. The first kappa shape index (κ1) is 19.2. The highest BCUT2D eigenvalue weighted by atomic mass is 19.1. The van der Waals surface area contributed by atoms with Gasteiger partial charge in [0.15, 0.2) is 6.10 Å². The van der Waals surface area contributed by atoms with Gasteiger partial charge in [-0.25, -0.2) is 9.18 Å². The number of aryl methyl sites for hydroxylation is 1. The molecule has 2 rings (SSSR count). The number of rotatable bonds is 6. The van der Waals surface area contributed by atoms with Crippen LogP contribution in [-0.2, 0) is 9.53 Å². The van der Waals surface area contributed by atoms with Gasteiger partial charge in [0, 0.05) is 6.07 Å². The maximum Gasteiger partial charge on any atom is 0.341 e. The molecular formula is C19H20FNO5. The predicted molar refractivity (Wildman–Crippen MR) is 94.2 cm³/mol. The second kappa shape index (κ2) is 8.33. The SMILES string of the molecule is COc1ccc(C(=O)O[C@@H](C)C(=O)Nc2cc(C)ccc2OC)c(F)c1. The molecule has 0 saturated carbocycles. The lowest BCUT2D eigenvalue weighted by molar-refractivity contribution is -0.123. The molecule has 0 aliphatic rings. The van der Waals surface area contributed by atoms with Crippen LogP contribution < -0.4 is 14.8 Å². The molecular weight excluding hydrogens is 341 g/mol. The molecule has 2 aromatic rings. The standard InChI is InChI=1S/C19H20FNO5/c1-11-5-8-17(25-4)16(9-11)21-18(22)12(2)26-19(23)14-7-6-13(24-3)10-15(14)20/h5-10,12H,1-4H3,(H,21,22)/t12-/m0/s1. The number of amides is 1. The average molecular weight is 361 g/mol. The van der Waals surface area contributed by atoms with Gasteiger partial charge >= 0.3 is 5.97 Å². The van der Waals surface area contributed by atoms with Crippen LogP contribution in [0.1, 0.15) is 22.8 Å². The maximum absolute atomic E-state index is 13.9. The summed E-state index contributed by atoms with van der Waals surface area (Å²) in [6, 6.07) is 9.03. The number of hydrogen-bond donors (Lipinski definition) is 1. The van der Waals surface area contributed by atoms with Crippen molar-refractivity contribution in [3.05, 3.63) is 53.3 Å². The number of benzene rings is 2.